The molecule has 7 rings (SSSR count). The number of Topliss-reactive ketones (excluding diaryl/α,β-unsaturated/α-hetero) is 2. The van der Waals surface area contributed by atoms with Crippen LogP contribution in [0.5, 0.6) is 5.75 Å². The summed E-state index contributed by atoms with van der Waals surface area (Å²) >= 11 is 0. The number of ketones is 2. The molecule has 0 aromatic heterocycles. The summed E-state index contributed by atoms with van der Waals surface area (Å²) in [6.45, 7) is 5.58. The molecule has 0 radical (unpaired) electrons. The molecule has 2 heterocycles. The number of hydrogen-bond acceptors (Lipinski definition) is 7. The number of hydrogen-bond donors (Lipinski definition) is 1. The van der Waals surface area contributed by atoms with E-state index in [0.29, 0.717) is 29.6 Å². The number of dihydropyridines is 1. The topological polar surface area (TPSA) is 110 Å². The zero-order chi connectivity index (χ0) is 30.2. The molecular weight excluding hydrogens is 544 g/mol. The highest BCUT2D eigenvalue weighted by molar-refractivity contribution is 6.24. The van der Waals surface area contributed by atoms with Gasteiger partial charge in [0.05, 0.1) is 16.8 Å². The van der Waals surface area contributed by atoms with Crippen LogP contribution < -0.4 is 10.1 Å². The number of esters is 1. The summed E-state index contributed by atoms with van der Waals surface area (Å²) in [6.07, 6.45) is 1.04. The van der Waals surface area contributed by atoms with Gasteiger partial charge in [0.1, 0.15) is 11.8 Å². The van der Waals surface area contributed by atoms with Crippen molar-refractivity contribution in [2.75, 3.05) is 0 Å². The van der Waals surface area contributed by atoms with Gasteiger partial charge in [0.25, 0.3) is 11.8 Å². The van der Waals surface area contributed by atoms with Crippen LogP contribution in [0, 0.1) is 5.41 Å². The van der Waals surface area contributed by atoms with Crippen LogP contribution >= 0.6 is 0 Å². The first-order valence-corrected chi connectivity index (χ1v) is 14.3. The summed E-state index contributed by atoms with van der Waals surface area (Å²) in [5.74, 6) is -2.31. The second kappa shape index (κ2) is 9.46. The molecule has 0 unspecified atom stereocenters. The van der Waals surface area contributed by atoms with Crippen molar-refractivity contribution in [1.82, 2.24) is 10.2 Å². The van der Waals surface area contributed by atoms with Crippen LogP contribution in [0.4, 0.5) is 0 Å². The van der Waals surface area contributed by atoms with Gasteiger partial charge in [0.15, 0.2) is 11.6 Å². The Hall–Kier alpha value is -5.11. The van der Waals surface area contributed by atoms with Crippen LogP contribution in [0.25, 0.3) is 5.70 Å². The van der Waals surface area contributed by atoms with E-state index in [1.165, 1.54) is 6.92 Å². The molecule has 2 aliphatic heterocycles. The highest BCUT2D eigenvalue weighted by Crippen LogP contribution is 2.51. The van der Waals surface area contributed by atoms with Gasteiger partial charge in [-0.25, -0.2) is 4.79 Å². The fourth-order valence-corrected chi connectivity index (χ4v) is 6.72. The lowest BCUT2D eigenvalue weighted by atomic mass is 9.68. The maximum Gasteiger partial charge on any atom is 0.334 e. The van der Waals surface area contributed by atoms with Gasteiger partial charge < -0.3 is 10.1 Å². The van der Waals surface area contributed by atoms with Crippen LogP contribution in [-0.2, 0) is 9.59 Å². The van der Waals surface area contributed by atoms with E-state index in [2.05, 4.69) is 19.2 Å². The van der Waals surface area contributed by atoms with Gasteiger partial charge in [0, 0.05) is 40.3 Å². The molecule has 1 N–H and O–H groups in total. The summed E-state index contributed by atoms with van der Waals surface area (Å²) in [5.41, 5.74) is 5.15. The zero-order valence-electron chi connectivity index (χ0n) is 23.9. The summed E-state index contributed by atoms with van der Waals surface area (Å²) in [4.78, 5) is 66.9. The number of nitrogens with zero attached hydrogens (tertiary/aromatic N) is 1. The number of nitrogens with one attached hydrogen (secondary N) is 1. The standard InChI is InChI=1S/C35H28N2O6/c1-18(37-32(40)23-10-6-7-11-24(23)33(37)41)34(42)43-20-14-12-19(13-15-20)27-28-25(16-35(2,3)17-26(28)38)36-30-21-8-4-5-9-22(21)31(39)29(27)30/h4-15,18,27,36H,16-17H2,1-3H3/t18-,27-/m0/s1. The molecule has 3 aromatic carbocycles. The number of amides is 2. The number of imide groups is 1. The lowest BCUT2D eigenvalue weighted by Crippen LogP contribution is -2.44. The highest BCUT2D eigenvalue weighted by Gasteiger charge is 2.46. The van der Waals surface area contributed by atoms with E-state index in [-0.39, 0.29) is 33.9 Å². The second-order valence-corrected chi connectivity index (χ2v) is 12.2. The van der Waals surface area contributed by atoms with Crippen molar-refractivity contribution < 1.29 is 28.7 Å². The van der Waals surface area contributed by atoms with Gasteiger partial charge in [0.2, 0.25) is 0 Å². The number of allylic oxidation sites excluding steroid dienone is 3. The van der Waals surface area contributed by atoms with E-state index < -0.39 is 29.7 Å². The Balaban J connectivity index is 1.19. The molecule has 43 heavy (non-hydrogen) atoms. The van der Waals surface area contributed by atoms with Crippen LogP contribution in [0.1, 0.15) is 81.7 Å². The van der Waals surface area contributed by atoms with E-state index in [4.69, 9.17) is 4.74 Å². The van der Waals surface area contributed by atoms with Gasteiger partial charge >= 0.3 is 5.97 Å². The Morgan fingerprint density at radius 3 is 2.02 bits per heavy atom. The molecule has 0 saturated heterocycles. The molecule has 8 heteroatoms. The molecule has 4 aliphatic rings. The highest BCUT2D eigenvalue weighted by atomic mass is 16.5. The molecule has 3 aromatic rings. The van der Waals surface area contributed by atoms with Gasteiger partial charge in [-0.05, 0) is 48.6 Å². The van der Waals surface area contributed by atoms with Crippen molar-refractivity contribution in [3.8, 4) is 5.75 Å². The third-order valence-electron chi connectivity index (χ3n) is 8.71. The van der Waals surface area contributed by atoms with E-state index in [0.717, 1.165) is 27.4 Å². The molecular formula is C35H28N2O6. The smallest absolute Gasteiger partial charge is 0.334 e. The van der Waals surface area contributed by atoms with Crippen LogP contribution in [-0.4, -0.2) is 40.3 Å². The minimum atomic E-state index is -1.14. The minimum absolute atomic E-state index is 0.00401. The third kappa shape index (κ3) is 4.08. The van der Waals surface area contributed by atoms with Crippen molar-refractivity contribution >= 4 is 35.0 Å². The summed E-state index contributed by atoms with van der Waals surface area (Å²) in [5, 5.41) is 3.47. The summed E-state index contributed by atoms with van der Waals surface area (Å²) in [7, 11) is 0. The monoisotopic (exact) mass is 572 g/mol. The molecule has 0 saturated carbocycles. The number of carbonyl (C=O) groups excluding carboxylic acids is 5. The first kappa shape index (κ1) is 26.8. The molecule has 0 fully saturated rings. The van der Waals surface area contributed by atoms with E-state index in [1.54, 1.807) is 54.6 Å². The fourth-order valence-electron chi connectivity index (χ4n) is 6.72. The van der Waals surface area contributed by atoms with Crippen LogP contribution in [0.2, 0.25) is 0 Å². The van der Waals surface area contributed by atoms with Gasteiger partial charge in [-0.3, -0.25) is 24.1 Å². The third-order valence-corrected chi connectivity index (χ3v) is 8.71. The first-order chi connectivity index (χ1) is 20.6. The maximum atomic E-state index is 13.7. The number of ether oxygens (including phenoxy) is 1. The van der Waals surface area contributed by atoms with Crippen molar-refractivity contribution in [2.24, 2.45) is 5.41 Å². The van der Waals surface area contributed by atoms with Crippen molar-refractivity contribution in [1.29, 1.82) is 0 Å². The van der Waals surface area contributed by atoms with Crippen molar-refractivity contribution in [3.05, 3.63) is 117 Å². The number of carbonyl (C=O) groups is 5. The molecule has 2 amide bonds. The maximum absolute atomic E-state index is 13.7. The van der Waals surface area contributed by atoms with Crippen molar-refractivity contribution in [3.63, 3.8) is 0 Å². The lowest BCUT2D eigenvalue weighted by Gasteiger charge is -2.39. The van der Waals surface area contributed by atoms with Gasteiger partial charge in [-0.15, -0.1) is 0 Å². The minimum Gasteiger partial charge on any atom is -0.425 e. The summed E-state index contributed by atoms with van der Waals surface area (Å²) < 4.78 is 5.58. The fraction of sp³-hybridized carbons (Fsp3) is 0.229. The first-order valence-electron chi connectivity index (χ1n) is 14.3. The Morgan fingerprint density at radius 1 is 0.814 bits per heavy atom. The van der Waals surface area contributed by atoms with E-state index in [9.17, 15) is 24.0 Å². The lowest BCUT2D eigenvalue weighted by molar-refractivity contribution is -0.138. The molecule has 214 valence electrons. The van der Waals surface area contributed by atoms with Crippen molar-refractivity contribution in [2.45, 2.75) is 45.6 Å². The normalized spacial score (nSPS) is 20.8. The predicted molar refractivity (Wildman–Crippen MR) is 157 cm³/mol. The zero-order valence-corrected chi connectivity index (χ0v) is 23.9. The van der Waals surface area contributed by atoms with E-state index >= 15 is 0 Å². The summed E-state index contributed by atoms with van der Waals surface area (Å²) in [6, 6.07) is 19.5. The van der Waals surface area contributed by atoms with E-state index in [1.807, 2.05) is 18.2 Å². The molecule has 8 nitrogen and oxygen atoms in total. The molecule has 2 aliphatic carbocycles. The van der Waals surface area contributed by atoms with Gasteiger partial charge in [-0.2, -0.15) is 0 Å². The number of benzene rings is 3. The molecule has 2 atom stereocenters. The quantitative estimate of drug-likeness (QED) is 0.260. The van der Waals surface area contributed by atoms with Gasteiger partial charge in [-0.1, -0.05) is 62.4 Å². The Bertz CT molecular complexity index is 1830. The number of fused-ring (bicyclic) bond motifs is 3. The van der Waals surface area contributed by atoms with Crippen LogP contribution in [0.3, 0.4) is 0 Å². The Morgan fingerprint density at radius 2 is 1.40 bits per heavy atom. The second-order valence-electron chi connectivity index (χ2n) is 12.2. The molecule has 0 spiro atoms. The largest absolute Gasteiger partial charge is 0.425 e. The SMILES string of the molecule is C[C@@H](C(=O)Oc1ccc([C@H]2C3=C(CC(C)(C)CC3=O)NC3=C2C(=O)c2ccccc23)cc1)N1C(=O)c2ccccc2C1=O. The molecule has 0 bridgehead atoms. The van der Waals surface area contributed by atoms with Crippen LogP contribution in [0.15, 0.2) is 89.6 Å². The Labute approximate surface area is 248 Å². The average Bonchev–Trinajstić information content (AvgIpc) is 3.41. The number of rotatable bonds is 4. The Kier molecular flexibility index (Phi) is 5.89. The average molecular weight is 573 g/mol. The predicted octanol–water partition coefficient (Wildman–Crippen LogP) is 5.21.